The summed E-state index contributed by atoms with van der Waals surface area (Å²) in [5, 5.41) is 9.84. The van der Waals surface area contributed by atoms with Crippen molar-refractivity contribution in [2.45, 2.75) is 128 Å². The molecule has 0 spiro atoms. The first-order valence-corrected chi connectivity index (χ1v) is 13.4. The molecule has 0 aliphatic carbocycles. The lowest BCUT2D eigenvalue weighted by Gasteiger charge is -2.19. The third-order valence-electron chi connectivity index (χ3n) is 6.41. The second kappa shape index (κ2) is 18.5. The molecule has 1 heterocycles. The van der Waals surface area contributed by atoms with Crippen LogP contribution in [0.2, 0.25) is 0 Å². The fourth-order valence-electron chi connectivity index (χ4n) is 4.39. The molecular weight excluding hydrogens is 400 g/mol. The van der Waals surface area contributed by atoms with Crippen LogP contribution in [0.5, 0.6) is 0 Å². The molecule has 0 aromatic heterocycles. The number of unbranched alkanes of at least 4 members (excludes halogenated alkanes) is 13. The molecule has 32 heavy (non-hydrogen) atoms. The molecule has 3 atom stereocenters. The third-order valence-corrected chi connectivity index (χ3v) is 6.41. The molecule has 4 nitrogen and oxygen atoms in total. The third kappa shape index (κ3) is 12.9. The zero-order chi connectivity index (χ0) is 22.7. The first kappa shape index (κ1) is 27.3. The van der Waals surface area contributed by atoms with Gasteiger partial charge >= 0.3 is 0 Å². The molecule has 0 amide bonds. The summed E-state index contributed by atoms with van der Waals surface area (Å²) < 4.78 is 17.4. The highest BCUT2D eigenvalue weighted by molar-refractivity contribution is 5.13. The van der Waals surface area contributed by atoms with Crippen molar-refractivity contribution < 1.29 is 19.3 Å². The largest absolute Gasteiger partial charge is 0.379 e. The molecule has 1 aliphatic rings. The molecular formula is C28H48O4. The fourth-order valence-corrected chi connectivity index (χ4v) is 4.39. The SMILES string of the molecule is CCCCCCCCCCCCCCCCOC[C@H]1OC(O)C[C@@H]1OCc1ccccc1. The summed E-state index contributed by atoms with van der Waals surface area (Å²) in [6.45, 7) is 4.08. The molecule has 1 aromatic carbocycles. The number of ether oxygens (including phenoxy) is 3. The van der Waals surface area contributed by atoms with Gasteiger partial charge in [0.05, 0.1) is 19.3 Å². The number of hydrogen-bond donors (Lipinski definition) is 1. The van der Waals surface area contributed by atoms with Crippen molar-refractivity contribution in [3.8, 4) is 0 Å². The molecule has 1 N–H and O–H groups in total. The van der Waals surface area contributed by atoms with Gasteiger partial charge in [-0.05, 0) is 12.0 Å². The highest BCUT2D eigenvalue weighted by Crippen LogP contribution is 2.23. The Labute approximate surface area is 197 Å². The molecule has 1 fully saturated rings. The van der Waals surface area contributed by atoms with Crippen LogP contribution in [0.25, 0.3) is 0 Å². The van der Waals surface area contributed by atoms with E-state index in [1.165, 1.54) is 83.5 Å². The van der Waals surface area contributed by atoms with Gasteiger partial charge < -0.3 is 19.3 Å². The molecule has 0 saturated carbocycles. The van der Waals surface area contributed by atoms with E-state index >= 15 is 0 Å². The molecule has 1 saturated heterocycles. The van der Waals surface area contributed by atoms with Crippen LogP contribution < -0.4 is 0 Å². The average Bonchev–Trinajstić information content (AvgIpc) is 3.17. The van der Waals surface area contributed by atoms with Crippen LogP contribution in [0, 0.1) is 0 Å². The summed E-state index contributed by atoms with van der Waals surface area (Å²) in [6, 6.07) is 10.1. The van der Waals surface area contributed by atoms with Gasteiger partial charge in [0, 0.05) is 13.0 Å². The molecule has 1 aliphatic heterocycles. The molecule has 1 unspecified atom stereocenters. The number of rotatable bonds is 20. The molecule has 184 valence electrons. The van der Waals surface area contributed by atoms with Crippen molar-refractivity contribution in [1.29, 1.82) is 0 Å². The molecule has 2 rings (SSSR count). The first-order chi connectivity index (χ1) is 15.8. The van der Waals surface area contributed by atoms with E-state index in [1.807, 2.05) is 30.3 Å². The summed E-state index contributed by atoms with van der Waals surface area (Å²) in [4.78, 5) is 0. The highest BCUT2D eigenvalue weighted by atomic mass is 16.6. The van der Waals surface area contributed by atoms with Crippen LogP contribution in [0.15, 0.2) is 30.3 Å². The maximum Gasteiger partial charge on any atom is 0.157 e. The van der Waals surface area contributed by atoms with Gasteiger partial charge in [0.25, 0.3) is 0 Å². The smallest absolute Gasteiger partial charge is 0.157 e. The minimum atomic E-state index is -0.745. The van der Waals surface area contributed by atoms with Gasteiger partial charge in [0.15, 0.2) is 6.29 Å². The molecule has 0 radical (unpaired) electrons. The van der Waals surface area contributed by atoms with E-state index < -0.39 is 6.29 Å². The standard InChI is InChI=1S/C28H48O4/c1-2-3-4-5-6-7-8-9-10-11-12-13-14-18-21-30-24-27-26(22-28(29)32-27)31-23-25-19-16-15-17-20-25/h15-17,19-20,26-29H,2-14,18,21-24H2,1H3/t26-,27+,28?/m0/s1. The van der Waals surface area contributed by atoms with Gasteiger partial charge in [-0.25, -0.2) is 0 Å². The zero-order valence-corrected chi connectivity index (χ0v) is 20.5. The van der Waals surface area contributed by atoms with Gasteiger partial charge in [-0.3, -0.25) is 0 Å². The molecule has 0 bridgehead atoms. The Kier molecular flexibility index (Phi) is 15.8. The summed E-state index contributed by atoms with van der Waals surface area (Å²) in [6.07, 6.45) is 18.6. The Morgan fingerprint density at radius 3 is 1.97 bits per heavy atom. The van der Waals surface area contributed by atoms with E-state index in [-0.39, 0.29) is 12.2 Å². The van der Waals surface area contributed by atoms with E-state index in [0.29, 0.717) is 19.6 Å². The predicted octanol–water partition coefficient (Wildman–Crippen LogP) is 7.18. The Balaban J connectivity index is 1.38. The maximum absolute atomic E-state index is 9.84. The highest BCUT2D eigenvalue weighted by Gasteiger charge is 2.35. The lowest BCUT2D eigenvalue weighted by atomic mass is 10.0. The Bertz CT molecular complexity index is 535. The first-order valence-electron chi connectivity index (χ1n) is 13.4. The molecule has 1 aromatic rings. The van der Waals surface area contributed by atoms with E-state index in [2.05, 4.69) is 6.92 Å². The number of benzene rings is 1. The fraction of sp³-hybridized carbons (Fsp3) is 0.786. The number of hydrogen-bond acceptors (Lipinski definition) is 4. The summed E-state index contributed by atoms with van der Waals surface area (Å²) in [5.41, 5.74) is 1.14. The van der Waals surface area contributed by atoms with Gasteiger partial charge in [-0.15, -0.1) is 0 Å². The topological polar surface area (TPSA) is 47.9 Å². The van der Waals surface area contributed by atoms with Crippen molar-refractivity contribution in [3.63, 3.8) is 0 Å². The molecule has 4 heteroatoms. The van der Waals surface area contributed by atoms with E-state index in [0.717, 1.165) is 18.6 Å². The minimum Gasteiger partial charge on any atom is -0.379 e. The van der Waals surface area contributed by atoms with Crippen molar-refractivity contribution in [2.75, 3.05) is 13.2 Å². The predicted molar refractivity (Wildman–Crippen MR) is 132 cm³/mol. The summed E-state index contributed by atoms with van der Waals surface area (Å²) >= 11 is 0. The second-order valence-corrected chi connectivity index (χ2v) is 9.37. The summed E-state index contributed by atoms with van der Waals surface area (Å²) in [7, 11) is 0. The summed E-state index contributed by atoms with van der Waals surface area (Å²) in [5.74, 6) is 0. The van der Waals surface area contributed by atoms with Crippen LogP contribution >= 0.6 is 0 Å². The van der Waals surface area contributed by atoms with E-state index in [4.69, 9.17) is 14.2 Å². The monoisotopic (exact) mass is 448 g/mol. The number of aliphatic hydroxyl groups excluding tert-OH is 1. The number of aliphatic hydroxyl groups is 1. The van der Waals surface area contributed by atoms with Gasteiger partial charge in [-0.2, -0.15) is 0 Å². The van der Waals surface area contributed by atoms with E-state index in [9.17, 15) is 5.11 Å². The van der Waals surface area contributed by atoms with Gasteiger partial charge in [0.2, 0.25) is 0 Å². The van der Waals surface area contributed by atoms with Gasteiger partial charge in [-0.1, -0.05) is 121 Å². The Hall–Kier alpha value is -0.940. The van der Waals surface area contributed by atoms with Crippen LogP contribution in [-0.2, 0) is 20.8 Å². The van der Waals surface area contributed by atoms with Gasteiger partial charge in [0.1, 0.15) is 6.10 Å². The van der Waals surface area contributed by atoms with Crippen molar-refractivity contribution in [2.24, 2.45) is 0 Å². The zero-order valence-electron chi connectivity index (χ0n) is 20.5. The van der Waals surface area contributed by atoms with Crippen molar-refractivity contribution >= 4 is 0 Å². The van der Waals surface area contributed by atoms with Crippen LogP contribution in [0.4, 0.5) is 0 Å². The minimum absolute atomic E-state index is 0.110. The van der Waals surface area contributed by atoms with Crippen LogP contribution in [0.3, 0.4) is 0 Å². The second-order valence-electron chi connectivity index (χ2n) is 9.37. The Morgan fingerprint density at radius 2 is 1.38 bits per heavy atom. The maximum atomic E-state index is 9.84. The van der Waals surface area contributed by atoms with Crippen LogP contribution in [-0.4, -0.2) is 36.8 Å². The van der Waals surface area contributed by atoms with Crippen molar-refractivity contribution in [1.82, 2.24) is 0 Å². The van der Waals surface area contributed by atoms with E-state index in [1.54, 1.807) is 0 Å². The van der Waals surface area contributed by atoms with Crippen LogP contribution in [0.1, 0.15) is 109 Å². The quantitative estimate of drug-likeness (QED) is 0.215. The lowest BCUT2D eigenvalue weighted by molar-refractivity contribution is -0.121. The Morgan fingerprint density at radius 1 is 0.812 bits per heavy atom. The normalized spacial score (nSPS) is 20.8. The average molecular weight is 449 g/mol. The lowest BCUT2D eigenvalue weighted by Crippen LogP contribution is -2.29. The van der Waals surface area contributed by atoms with Crippen molar-refractivity contribution in [3.05, 3.63) is 35.9 Å².